The number of hydrogen-bond donors (Lipinski definition) is 3. The summed E-state index contributed by atoms with van der Waals surface area (Å²) in [6.07, 6.45) is 0. The second kappa shape index (κ2) is 12.1. The van der Waals surface area contributed by atoms with Gasteiger partial charge in [-0.1, -0.05) is 0 Å². The average molecular weight is 273 g/mol. The monoisotopic (exact) mass is 273 g/mol. The summed E-state index contributed by atoms with van der Waals surface area (Å²) in [6, 6.07) is 0. The Morgan fingerprint density at radius 3 is 1.75 bits per heavy atom. The molecule has 0 spiro atoms. The molecule has 0 amide bonds. The quantitative estimate of drug-likeness (QED) is 0.146. The Morgan fingerprint density at radius 1 is 1.44 bits per heavy atom. The third-order valence-corrected chi connectivity index (χ3v) is 0.784. The Balaban J connectivity index is -0.0000000904. The van der Waals surface area contributed by atoms with Crippen LogP contribution in [0.1, 0.15) is 0 Å². The molecule has 0 fully saturated rings. The van der Waals surface area contributed by atoms with Crippen LogP contribution in [0.25, 0.3) is 0 Å². The van der Waals surface area contributed by atoms with Gasteiger partial charge >= 0.3 is 65.1 Å². The molecule has 0 aromatic rings. The van der Waals surface area contributed by atoms with Crippen LogP contribution in [0.2, 0.25) is 0 Å². The minimum Gasteiger partial charge on any atom is -0.759 e. The van der Waals surface area contributed by atoms with Gasteiger partial charge in [0.2, 0.25) is 0 Å². The molecule has 0 heterocycles. The van der Waals surface area contributed by atoms with E-state index in [1.54, 1.807) is 0 Å². The summed E-state index contributed by atoms with van der Waals surface area (Å²) >= 11 is 0. The first-order chi connectivity index (χ1) is 6.04. The molecule has 0 unspecified atom stereocenters. The van der Waals surface area contributed by atoms with Crippen molar-refractivity contribution in [3.63, 3.8) is 0 Å². The molecule has 0 aliphatic carbocycles. The predicted molar refractivity (Wildman–Crippen MR) is 42.7 cm³/mol. The van der Waals surface area contributed by atoms with Crippen molar-refractivity contribution < 1.29 is 86.5 Å². The Bertz CT molecular complexity index is 299. The number of nitrogens with zero attached hydrogens (tertiary/aromatic N) is 1. The van der Waals surface area contributed by atoms with Crippen LogP contribution in [0.5, 0.6) is 0 Å². The summed E-state index contributed by atoms with van der Waals surface area (Å²) in [5.74, 6) is -1.23. The first-order valence-electron chi connectivity index (χ1n) is 2.97. The first kappa shape index (κ1) is 25.5. The van der Waals surface area contributed by atoms with Gasteiger partial charge in [-0.3, -0.25) is 18.6 Å². The van der Waals surface area contributed by atoms with Crippen LogP contribution in [0.4, 0.5) is 0 Å². The van der Waals surface area contributed by atoms with Gasteiger partial charge in [0.15, 0.2) is 5.96 Å². The van der Waals surface area contributed by atoms with Crippen molar-refractivity contribution in [2.24, 2.45) is 5.73 Å². The molecule has 4 N–H and O–H groups in total. The summed E-state index contributed by atoms with van der Waals surface area (Å²) in [5.41, 5.74) is 4.93. The molecule has 0 aliphatic rings. The van der Waals surface area contributed by atoms with Gasteiger partial charge in [0.1, 0.15) is 6.54 Å². The van der Waals surface area contributed by atoms with E-state index in [-0.39, 0.29) is 71.6 Å². The van der Waals surface area contributed by atoms with Gasteiger partial charge in [-0.2, -0.15) is 0 Å². The van der Waals surface area contributed by atoms with Gasteiger partial charge in [0, 0.05) is 17.4 Å². The molecular weight excluding hydrogens is 264 g/mol. The van der Waals surface area contributed by atoms with Crippen LogP contribution in [0, 0.1) is 5.41 Å². The molecule has 0 rings (SSSR count). The molecule has 9 nitrogen and oxygen atoms in total. The Morgan fingerprint density at radius 2 is 1.69 bits per heavy atom. The smallest absolute Gasteiger partial charge is 0.759 e. The molecular formula is C4H9N3Na2O6S. The Hall–Kier alpha value is 0.610. The summed E-state index contributed by atoms with van der Waals surface area (Å²) < 4.78 is 34.1. The minimum atomic E-state index is -5.17. The molecule has 0 aromatic heterocycles. The minimum absolute atomic E-state index is 0. The third kappa shape index (κ3) is 36.5. The average Bonchev–Trinajstić information content (AvgIpc) is 1.80. The zero-order valence-electron chi connectivity index (χ0n) is 9.13. The fourth-order valence-electron chi connectivity index (χ4n) is 0.288. The number of aliphatic carboxylic acids is 1. The SMILES string of the molecule is CN(CC(=O)O)C(=N)N.O=S(=O)([O-])[O-].[Na+].[Na+]. The Labute approximate surface area is 137 Å². The number of nitrogens with two attached hydrogens (primary N) is 1. The van der Waals surface area contributed by atoms with Crippen LogP contribution in [0.3, 0.4) is 0 Å². The van der Waals surface area contributed by atoms with Crippen LogP contribution >= 0.6 is 0 Å². The van der Waals surface area contributed by atoms with Crippen molar-refractivity contribution in [2.75, 3.05) is 13.6 Å². The predicted octanol–water partition coefficient (Wildman–Crippen LogP) is -8.43. The van der Waals surface area contributed by atoms with E-state index < -0.39 is 16.4 Å². The van der Waals surface area contributed by atoms with E-state index in [4.69, 9.17) is 33.8 Å². The first-order valence-corrected chi connectivity index (χ1v) is 4.31. The molecule has 16 heavy (non-hydrogen) atoms. The summed E-state index contributed by atoms with van der Waals surface area (Å²) in [4.78, 5) is 11.0. The van der Waals surface area contributed by atoms with Crippen molar-refractivity contribution >= 4 is 22.3 Å². The molecule has 0 aromatic carbocycles. The van der Waals surface area contributed by atoms with Crippen LogP contribution in [-0.4, -0.2) is 53.1 Å². The molecule has 0 bridgehead atoms. The largest absolute Gasteiger partial charge is 1.00 e. The molecule has 84 valence electrons. The van der Waals surface area contributed by atoms with E-state index in [2.05, 4.69) is 0 Å². The summed E-state index contributed by atoms with van der Waals surface area (Å²) in [7, 11) is -3.73. The second-order valence-electron chi connectivity index (χ2n) is 2.04. The van der Waals surface area contributed by atoms with Gasteiger partial charge in [-0.05, 0) is 0 Å². The van der Waals surface area contributed by atoms with E-state index in [1.165, 1.54) is 7.05 Å². The zero-order valence-corrected chi connectivity index (χ0v) is 13.9. The fourth-order valence-corrected chi connectivity index (χ4v) is 0.288. The molecule has 0 saturated heterocycles. The topological polar surface area (TPSA) is 171 Å². The van der Waals surface area contributed by atoms with Crippen LogP contribution < -0.4 is 64.8 Å². The number of rotatable bonds is 2. The van der Waals surface area contributed by atoms with Crippen molar-refractivity contribution in [3.8, 4) is 0 Å². The standard InChI is InChI=1S/C4H9N3O2.2Na.H2O4S/c1-7(4(5)6)2-3(8)9;;;1-5(2,3)4/h2H2,1H3,(H3,5,6)(H,8,9);;;(H2,1,2,3,4)/q;2*+1;/p-2. The number of carboxylic acid groups (broad SMARTS) is 1. The Kier molecular flexibility index (Phi) is 19.2. The van der Waals surface area contributed by atoms with E-state index in [0.29, 0.717) is 0 Å². The van der Waals surface area contributed by atoms with E-state index in [0.717, 1.165) is 4.90 Å². The van der Waals surface area contributed by atoms with Gasteiger partial charge < -0.3 is 24.8 Å². The molecule has 0 radical (unpaired) electrons. The zero-order chi connectivity index (χ0) is 11.9. The van der Waals surface area contributed by atoms with Gasteiger partial charge in [-0.15, -0.1) is 0 Å². The molecule has 0 aliphatic heterocycles. The van der Waals surface area contributed by atoms with Crippen LogP contribution in [-0.2, 0) is 15.2 Å². The molecule has 0 saturated carbocycles. The maximum Gasteiger partial charge on any atom is 1.00 e. The second-order valence-corrected chi connectivity index (χ2v) is 2.86. The number of guanidine groups is 1. The maximum absolute atomic E-state index is 9.92. The van der Waals surface area contributed by atoms with E-state index in [1.807, 2.05) is 0 Å². The number of nitrogens with one attached hydrogen (secondary N) is 1. The van der Waals surface area contributed by atoms with Crippen molar-refractivity contribution in [1.29, 1.82) is 5.41 Å². The number of carbonyl (C=O) groups is 1. The van der Waals surface area contributed by atoms with Crippen LogP contribution in [0.15, 0.2) is 0 Å². The van der Waals surface area contributed by atoms with E-state index >= 15 is 0 Å². The van der Waals surface area contributed by atoms with Gasteiger partial charge in [0.05, 0.1) is 0 Å². The summed E-state index contributed by atoms with van der Waals surface area (Å²) in [5, 5.41) is 14.9. The van der Waals surface area contributed by atoms with Gasteiger partial charge in [-0.25, -0.2) is 0 Å². The maximum atomic E-state index is 9.92. The van der Waals surface area contributed by atoms with E-state index in [9.17, 15) is 4.79 Å². The van der Waals surface area contributed by atoms with Gasteiger partial charge in [0.25, 0.3) is 0 Å². The number of hydrogen-bond acceptors (Lipinski definition) is 6. The molecule has 12 heteroatoms. The summed E-state index contributed by atoms with van der Waals surface area (Å²) in [6.45, 7) is -0.227. The number of likely N-dealkylation sites (N-methyl/N-ethyl adjacent to an activating group) is 1. The third-order valence-electron chi connectivity index (χ3n) is 0.784. The number of carboxylic acids is 1. The fraction of sp³-hybridized carbons (Fsp3) is 0.500. The van der Waals surface area contributed by atoms with Crippen molar-refractivity contribution in [1.82, 2.24) is 4.90 Å². The molecule has 0 atom stereocenters. The normalized spacial score (nSPS) is 8.44. The van der Waals surface area contributed by atoms with Crippen molar-refractivity contribution in [2.45, 2.75) is 0 Å². The van der Waals surface area contributed by atoms with Crippen molar-refractivity contribution in [3.05, 3.63) is 0 Å².